The number of ether oxygens (including phenoxy) is 1. The van der Waals surface area contributed by atoms with Gasteiger partial charge < -0.3 is 4.74 Å². The van der Waals surface area contributed by atoms with Gasteiger partial charge in [0, 0.05) is 25.5 Å². The molecule has 96 heavy (non-hydrogen) atoms. The van der Waals surface area contributed by atoms with Crippen LogP contribution in [0.3, 0.4) is 0 Å². The molecule has 0 aromatic heterocycles. The predicted molar refractivity (Wildman–Crippen MR) is 319 cm³/mol. The van der Waals surface area contributed by atoms with Crippen LogP contribution in [0.15, 0.2) is 114 Å². The van der Waals surface area contributed by atoms with Crippen molar-refractivity contribution in [3.63, 3.8) is 0 Å². The molecule has 0 saturated heterocycles. The number of halogens is 24. The summed E-state index contributed by atoms with van der Waals surface area (Å²) in [4.78, 5) is 5.07. The van der Waals surface area contributed by atoms with Crippen LogP contribution in [0, 0.1) is 64.2 Å². The van der Waals surface area contributed by atoms with E-state index in [0.717, 1.165) is 12.1 Å². The fourth-order valence-corrected chi connectivity index (χ4v) is 14.8. The maximum Gasteiger partial charge on any atom is 0.416 e. The van der Waals surface area contributed by atoms with Crippen LogP contribution in [-0.2, 0) is 74.3 Å². The molecule has 8 rings (SSSR count). The van der Waals surface area contributed by atoms with Gasteiger partial charge in [-0.15, -0.1) is 0 Å². The Morgan fingerprint density at radius 2 is 0.594 bits per heavy atom. The van der Waals surface area contributed by atoms with Crippen molar-refractivity contribution < 1.29 is 130 Å². The Kier molecular flexibility index (Phi) is 25.0. The second kappa shape index (κ2) is 29.6. The van der Waals surface area contributed by atoms with Gasteiger partial charge in [-0.2, -0.15) is 127 Å². The van der Waals surface area contributed by atoms with E-state index in [9.17, 15) is 105 Å². The van der Waals surface area contributed by atoms with E-state index in [1.54, 1.807) is 0 Å². The Hall–Kier alpha value is -5.75. The zero-order valence-corrected chi connectivity index (χ0v) is 55.6. The average molecular weight is 1590 g/mol. The van der Waals surface area contributed by atoms with E-state index in [1.807, 2.05) is 0 Å². The third kappa shape index (κ3) is 19.8. The Balaban J connectivity index is 0.000000352. The van der Waals surface area contributed by atoms with Crippen molar-refractivity contribution >= 4 is 52.4 Å². The Labute approximate surface area is 554 Å². The molecule has 1 aliphatic carbocycles. The van der Waals surface area contributed by atoms with E-state index in [0.29, 0.717) is 6.61 Å². The Morgan fingerprint density at radius 3 is 0.781 bits per heavy atom. The molecule has 1 saturated carbocycles. The quantitative estimate of drug-likeness (QED) is 0.0803. The SMILES string of the molecule is Cc1cccc(C)c1P(CC(C)(C)C1=N[C@@H](C(C)(C)C)CO1)c1c(C)cccc1C.FC(F)(F)c1cc([B-](c2cc(C(F)(F)F)cc(C(F)(F)F)c2)(c2cc(C(F)(F)F)cc(C(F)(F)F)c2)c2cc(C(F)(F)F)cc(C(F)(F)F)c2)cc(C(F)(F)F)c1.[CH]1[CH]CC[CH][CH]CC1.[Ir]. The van der Waals surface area contributed by atoms with Crippen LogP contribution < -0.4 is 32.5 Å². The number of aryl methyl sites for hydroxylation is 4. The second-order valence-corrected chi connectivity index (χ2v) is 27.0. The van der Waals surface area contributed by atoms with Gasteiger partial charge in [0.15, 0.2) is 5.90 Å². The van der Waals surface area contributed by atoms with Gasteiger partial charge in [0.1, 0.15) is 12.8 Å². The van der Waals surface area contributed by atoms with E-state index in [2.05, 4.69) is 124 Å². The van der Waals surface area contributed by atoms with Crippen molar-refractivity contribution in [2.45, 2.75) is 143 Å². The topological polar surface area (TPSA) is 21.6 Å². The zero-order chi connectivity index (χ0) is 71.8. The van der Waals surface area contributed by atoms with E-state index >= 15 is 0 Å². The van der Waals surface area contributed by atoms with Crippen molar-refractivity contribution in [2.24, 2.45) is 15.8 Å². The number of hydrogen-bond donors (Lipinski definition) is 0. The van der Waals surface area contributed by atoms with Gasteiger partial charge in [0.05, 0.1) is 50.5 Å². The minimum absolute atomic E-state index is 0. The van der Waals surface area contributed by atoms with Gasteiger partial charge >= 0.3 is 49.4 Å². The van der Waals surface area contributed by atoms with Gasteiger partial charge in [-0.05, 0) is 156 Å². The molecule has 6 aromatic carbocycles. The van der Waals surface area contributed by atoms with Gasteiger partial charge in [-0.25, -0.2) is 4.99 Å². The van der Waals surface area contributed by atoms with Crippen molar-refractivity contribution in [1.82, 2.24) is 0 Å². The number of benzene rings is 6. The van der Waals surface area contributed by atoms with Crippen molar-refractivity contribution in [3.8, 4) is 0 Å². The molecule has 2 nitrogen and oxygen atoms in total. The van der Waals surface area contributed by atoms with Crippen LogP contribution in [0.2, 0.25) is 0 Å². The van der Waals surface area contributed by atoms with Crippen LogP contribution in [0.4, 0.5) is 105 Å². The molecular formula is C67H62BF24IrNOP-. The Morgan fingerprint density at radius 1 is 0.375 bits per heavy atom. The molecule has 0 unspecified atom stereocenters. The number of hydrogen-bond acceptors (Lipinski definition) is 2. The fraction of sp³-hybridized carbons (Fsp3) is 0.388. The first-order valence-electron chi connectivity index (χ1n) is 28.9. The van der Waals surface area contributed by atoms with Gasteiger partial charge in [-0.3, -0.25) is 0 Å². The summed E-state index contributed by atoms with van der Waals surface area (Å²) in [7, 11) is -0.542. The summed E-state index contributed by atoms with van der Waals surface area (Å²) in [6, 6.07) is 4.82. The van der Waals surface area contributed by atoms with Crippen molar-refractivity contribution in [3.05, 3.63) is 202 Å². The maximum atomic E-state index is 14.2. The molecule has 1 heterocycles. The number of rotatable bonds is 9. The van der Waals surface area contributed by atoms with Crippen LogP contribution in [0.5, 0.6) is 0 Å². The van der Waals surface area contributed by atoms with Crippen molar-refractivity contribution in [2.75, 3.05) is 12.8 Å². The predicted octanol–water partition coefficient (Wildman–Crippen LogP) is 19.8. The number of aliphatic imine (C=N–C) groups is 1. The molecule has 0 N–H and O–H groups in total. The third-order valence-electron chi connectivity index (χ3n) is 16.0. The molecule has 527 valence electrons. The van der Waals surface area contributed by atoms with Crippen LogP contribution in [0.25, 0.3) is 0 Å². The first-order valence-corrected chi connectivity index (χ1v) is 30.5. The molecule has 29 heteroatoms. The zero-order valence-electron chi connectivity index (χ0n) is 52.3. The van der Waals surface area contributed by atoms with E-state index in [-0.39, 0.29) is 37.0 Å². The normalized spacial score (nSPS) is 15.9. The molecule has 2 aliphatic rings. The van der Waals surface area contributed by atoms with E-state index < -0.39 is 203 Å². The largest absolute Gasteiger partial charge is 0.478 e. The minimum Gasteiger partial charge on any atom is -0.478 e. The van der Waals surface area contributed by atoms with E-state index in [4.69, 9.17) is 9.73 Å². The molecule has 0 amide bonds. The summed E-state index contributed by atoms with van der Waals surface area (Å²) >= 11 is 0. The molecule has 0 spiro atoms. The summed E-state index contributed by atoms with van der Waals surface area (Å²) in [5, 5.41) is 3.04. The molecule has 5 radical (unpaired) electrons. The third-order valence-corrected chi connectivity index (χ3v) is 19.6. The summed E-state index contributed by atoms with van der Waals surface area (Å²) in [6.07, 6.45) is -39.8. The molecule has 0 bridgehead atoms. The standard InChI is InChI=1S/C32H12BF24.C27H38NOP.C8H12.Ir/c34-25(35,36)13-1-14(26(37,38)39)6-21(5-13)33(22-7-15(27(40,41)42)2-16(8-22)28(43,44)45,23-9-17(29(46,47)48)3-18(10-23)30(49,50)51)24-11-19(31(52,53)54)4-20(12-24)32(55,56)57;1-18-12-10-13-19(2)23(18)30(24-20(3)14-11-15-21(24)4)17-27(8,9)25-28-22(16-29-25)26(5,6)7;1-2-4-6-8-7-5-3-1;/h1-12H;10-15,22H,16-17H2,1-9H3;1-2,7-8H,3-6H2;/q-1;;;/t;22-;;/m.1../s1. The molecule has 1 fully saturated rings. The first-order chi connectivity index (χ1) is 43.2. The average Bonchev–Trinajstić information content (AvgIpc) is 0.734. The molecular weight excluding hydrogens is 1520 g/mol. The fourth-order valence-electron chi connectivity index (χ4n) is 11.3. The molecule has 6 aromatic rings. The monoisotopic (exact) mass is 1590 g/mol. The smallest absolute Gasteiger partial charge is 0.416 e. The number of nitrogens with zero attached hydrogens (tertiary/aromatic N) is 1. The maximum absolute atomic E-state index is 14.2. The second-order valence-electron chi connectivity index (χ2n) is 24.9. The van der Waals surface area contributed by atoms with Crippen molar-refractivity contribution in [1.29, 1.82) is 0 Å². The minimum atomic E-state index is -6.13. The number of alkyl halides is 24. The summed E-state index contributed by atoms with van der Waals surface area (Å²) < 4.78 is 347. The van der Waals surface area contributed by atoms with Crippen LogP contribution in [0.1, 0.15) is 127 Å². The molecule has 1 aliphatic heterocycles. The summed E-state index contributed by atoms with van der Waals surface area (Å²) in [6.45, 7) is 21.1. The van der Waals surface area contributed by atoms with Crippen LogP contribution >= 0.6 is 7.92 Å². The van der Waals surface area contributed by atoms with E-state index in [1.165, 1.54) is 58.5 Å². The van der Waals surface area contributed by atoms with Crippen LogP contribution in [-0.4, -0.2) is 30.9 Å². The summed E-state index contributed by atoms with van der Waals surface area (Å²) in [5.74, 6) is 0.937. The van der Waals surface area contributed by atoms with Gasteiger partial charge in [0.2, 0.25) is 0 Å². The Bertz CT molecular complexity index is 3140. The first kappa shape index (κ1) is 80.9. The van der Waals surface area contributed by atoms with Gasteiger partial charge in [0.25, 0.3) is 0 Å². The van der Waals surface area contributed by atoms with Gasteiger partial charge in [-0.1, -0.05) is 120 Å². The molecule has 1 atom stereocenters. The summed E-state index contributed by atoms with van der Waals surface area (Å²) in [5.41, 5.74) is -24.6.